The zero-order valence-corrected chi connectivity index (χ0v) is 13.8. The molecule has 15 heavy (non-hydrogen) atoms. The van der Waals surface area contributed by atoms with E-state index in [-0.39, 0.29) is 76.1 Å². The fraction of sp³-hybridized carbons (Fsp3) is 0.833. The van der Waals surface area contributed by atoms with Gasteiger partial charge >= 0.3 is 51.4 Å². The molecule has 1 atom stereocenters. The van der Waals surface area contributed by atoms with Gasteiger partial charge < -0.3 is 17.0 Å². The molecule has 0 saturated carbocycles. The maximum absolute atomic E-state index is 11.7. The van der Waals surface area contributed by atoms with E-state index in [0.717, 1.165) is 0 Å². The molecule has 3 heteroatoms. The average Bonchev–Trinajstić information content (AvgIpc) is 1.98. The first-order valence-corrected chi connectivity index (χ1v) is 4.67. The van der Waals surface area contributed by atoms with E-state index >= 15 is 0 Å². The van der Waals surface area contributed by atoms with Crippen LogP contribution in [0.25, 0.3) is 5.32 Å². The Hall–Kier alpha value is 1.11. The van der Waals surface area contributed by atoms with Gasteiger partial charge in [-0.1, -0.05) is 53.4 Å². The summed E-state index contributed by atoms with van der Waals surface area (Å²) in [5, 5.41) is 3.75. The Balaban J connectivity index is -0.000000720. The van der Waals surface area contributed by atoms with E-state index in [9.17, 15) is 4.79 Å². The zero-order valence-electron chi connectivity index (χ0n) is 10.6. The topological polar surface area (TPSA) is 31.2 Å². The van der Waals surface area contributed by atoms with E-state index in [1.54, 1.807) is 0 Å². The van der Waals surface area contributed by atoms with E-state index < -0.39 is 5.41 Å². The molecule has 1 unspecified atom stereocenters. The SMILES string of the molecule is C.[CH2-]C(C(=O)[N-]C)(C(C)C)C(C)(C)C.[K+]. The summed E-state index contributed by atoms with van der Waals surface area (Å²) >= 11 is 0. The molecule has 0 aliphatic carbocycles. The van der Waals surface area contributed by atoms with E-state index in [1.165, 1.54) is 7.05 Å². The van der Waals surface area contributed by atoms with Gasteiger partial charge in [0.15, 0.2) is 0 Å². The van der Waals surface area contributed by atoms with Crippen LogP contribution in [-0.4, -0.2) is 13.0 Å². The summed E-state index contributed by atoms with van der Waals surface area (Å²) in [5.74, 6) is 0.0960. The quantitative estimate of drug-likeness (QED) is 0.514. The van der Waals surface area contributed by atoms with Crippen molar-refractivity contribution >= 4 is 5.91 Å². The van der Waals surface area contributed by atoms with Gasteiger partial charge in [0.25, 0.3) is 0 Å². The second-order valence-electron chi connectivity index (χ2n) is 4.90. The van der Waals surface area contributed by atoms with Crippen molar-refractivity contribution in [3.05, 3.63) is 12.2 Å². The third-order valence-electron chi connectivity index (χ3n) is 2.91. The van der Waals surface area contributed by atoms with Crippen LogP contribution in [0.5, 0.6) is 0 Å². The van der Waals surface area contributed by atoms with Gasteiger partial charge in [0, 0.05) is 5.91 Å². The van der Waals surface area contributed by atoms with E-state index in [4.69, 9.17) is 0 Å². The standard InChI is InChI=1S/C11H22NO.CH4.K/c1-8(2)11(6,9(13)12-7)10(3,4)5;;/h8H,6H2,1-5,7H3,(H,12,13);1H4;/q-1;;+1/p-1. The molecule has 0 rings (SSSR count). The van der Waals surface area contributed by atoms with Gasteiger partial charge in [-0.05, 0) is 0 Å². The predicted octanol–water partition coefficient (Wildman–Crippen LogP) is 0.679. The Kier molecular flexibility index (Phi) is 10.6. The van der Waals surface area contributed by atoms with Gasteiger partial charge in [0.1, 0.15) is 0 Å². The number of nitrogens with zero attached hydrogens (tertiary/aromatic N) is 1. The molecular weight excluding hydrogens is 213 g/mol. The summed E-state index contributed by atoms with van der Waals surface area (Å²) in [6.45, 7) is 14.2. The van der Waals surface area contributed by atoms with Crippen LogP contribution in [0.1, 0.15) is 42.0 Å². The van der Waals surface area contributed by atoms with Gasteiger partial charge in [-0.15, -0.1) is 12.5 Å². The molecule has 0 fully saturated rings. The van der Waals surface area contributed by atoms with Crippen LogP contribution >= 0.6 is 0 Å². The van der Waals surface area contributed by atoms with Crippen molar-refractivity contribution in [2.75, 3.05) is 7.05 Å². The number of hydrogen-bond acceptors (Lipinski definition) is 1. The fourth-order valence-corrected chi connectivity index (χ4v) is 1.63. The van der Waals surface area contributed by atoms with Crippen LogP contribution in [0.2, 0.25) is 0 Å². The third kappa shape index (κ3) is 4.47. The summed E-state index contributed by atoms with van der Waals surface area (Å²) in [4.78, 5) is 11.7. The van der Waals surface area contributed by atoms with E-state index in [2.05, 4.69) is 12.2 Å². The van der Waals surface area contributed by atoms with Gasteiger partial charge in [-0.3, -0.25) is 0 Å². The van der Waals surface area contributed by atoms with Crippen molar-refractivity contribution in [2.24, 2.45) is 16.7 Å². The molecule has 0 radical (unpaired) electrons. The number of rotatable bonds is 2. The molecule has 0 N–H and O–H groups in total. The van der Waals surface area contributed by atoms with Crippen molar-refractivity contribution in [1.82, 2.24) is 0 Å². The smallest absolute Gasteiger partial charge is 0.658 e. The Morgan fingerprint density at radius 1 is 1.27 bits per heavy atom. The van der Waals surface area contributed by atoms with E-state index in [1.807, 2.05) is 34.6 Å². The summed E-state index contributed by atoms with van der Waals surface area (Å²) in [5.41, 5.74) is -0.764. The van der Waals surface area contributed by atoms with Crippen LogP contribution in [0, 0.1) is 23.7 Å². The molecule has 1 amide bonds. The van der Waals surface area contributed by atoms with Crippen molar-refractivity contribution in [3.8, 4) is 0 Å². The molecule has 0 bridgehead atoms. The first kappa shape index (κ1) is 21.4. The normalized spacial score (nSPS) is 14.7. The molecule has 0 saturated heterocycles. The minimum absolute atomic E-state index is 0. The summed E-state index contributed by atoms with van der Waals surface area (Å²) < 4.78 is 0. The molecule has 0 heterocycles. The van der Waals surface area contributed by atoms with Crippen molar-refractivity contribution in [1.29, 1.82) is 0 Å². The number of hydrogen-bond donors (Lipinski definition) is 0. The van der Waals surface area contributed by atoms with Crippen molar-refractivity contribution < 1.29 is 56.2 Å². The molecule has 0 aromatic carbocycles. The Morgan fingerprint density at radius 2 is 1.60 bits per heavy atom. The molecular formula is C12H25KNO-. The summed E-state index contributed by atoms with van der Waals surface area (Å²) in [6.07, 6.45) is 0. The number of amides is 1. The first-order chi connectivity index (χ1) is 5.67. The number of carbonyl (C=O) groups is 1. The zero-order chi connectivity index (χ0) is 10.9. The molecule has 0 spiro atoms. The second-order valence-corrected chi connectivity index (χ2v) is 4.90. The monoisotopic (exact) mass is 238 g/mol. The summed E-state index contributed by atoms with van der Waals surface area (Å²) in [6, 6.07) is 0. The van der Waals surface area contributed by atoms with Crippen LogP contribution in [0.3, 0.4) is 0 Å². The molecule has 0 aromatic rings. The minimum atomic E-state index is -0.609. The Bertz CT molecular complexity index is 196. The maximum Gasteiger partial charge on any atom is 1.00 e. The first-order valence-electron chi connectivity index (χ1n) is 4.67. The van der Waals surface area contributed by atoms with Crippen molar-refractivity contribution in [2.45, 2.75) is 42.0 Å². The van der Waals surface area contributed by atoms with E-state index in [0.29, 0.717) is 0 Å². The molecule has 2 nitrogen and oxygen atoms in total. The van der Waals surface area contributed by atoms with Crippen LogP contribution in [0.4, 0.5) is 0 Å². The predicted molar refractivity (Wildman–Crippen MR) is 63.1 cm³/mol. The molecule has 0 aromatic heterocycles. The minimum Gasteiger partial charge on any atom is -0.658 e. The summed E-state index contributed by atoms with van der Waals surface area (Å²) in [7, 11) is 1.54. The van der Waals surface area contributed by atoms with Crippen LogP contribution in [-0.2, 0) is 4.79 Å². The fourth-order valence-electron chi connectivity index (χ4n) is 1.63. The van der Waals surface area contributed by atoms with Gasteiger partial charge in [-0.25, -0.2) is 0 Å². The molecule has 0 aliphatic rings. The van der Waals surface area contributed by atoms with Gasteiger partial charge in [-0.2, -0.15) is 0 Å². The van der Waals surface area contributed by atoms with Crippen molar-refractivity contribution in [3.63, 3.8) is 0 Å². The maximum atomic E-state index is 11.7. The van der Waals surface area contributed by atoms with Gasteiger partial charge in [0.05, 0.1) is 0 Å². The second kappa shape index (κ2) is 7.44. The number of carbonyl (C=O) groups excluding carboxylic acids is 1. The molecule has 86 valence electrons. The largest absolute Gasteiger partial charge is 1.00 e. The molecule has 0 aliphatic heterocycles. The Labute approximate surface area is 138 Å². The van der Waals surface area contributed by atoms with Crippen LogP contribution < -0.4 is 51.4 Å². The Morgan fingerprint density at radius 3 is 1.67 bits per heavy atom. The van der Waals surface area contributed by atoms with Crippen LogP contribution in [0.15, 0.2) is 0 Å². The third-order valence-corrected chi connectivity index (χ3v) is 2.91. The van der Waals surface area contributed by atoms with Gasteiger partial charge in [0.2, 0.25) is 0 Å². The average molecular weight is 238 g/mol.